The summed E-state index contributed by atoms with van der Waals surface area (Å²) in [6.07, 6.45) is 19.2. The van der Waals surface area contributed by atoms with E-state index in [1.54, 1.807) is 0 Å². The molecule has 0 saturated carbocycles. The standard InChI is InChI=1S/C79H64N4/c1-77(2)69-45-51(25-27-53-31-37-65-67-39-33-59(49-73(67)78(3,4)71(65)47-53)82(57-19-9-7-10-20-57)75-61-23-15-13-17-55(61)41-43-80-75)29-35-63(69)64-36-30-52(46-70(64)77)26-28-54-32-38-66-68-40-34-60(50-74(68)79(5,6)72(66)48-54)83(58-21-11-8-12-22-58)76-62-24-16-14-18-56(62)42-44-81-76/h7-31,33-50,54H,32H2,1-6H3/b27-25+,28-26+. The van der Waals surface area contributed by atoms with Gasteiger partial charge in [0.15, 0.2) is 0 Å². The molecular formula is C79H64N4. The molecule has 0 N–H and O–H groups in total. The van der Waals surface area contributed by atoms with Crippen molar-refractivity contribution < 1.29 is 0 Å². The van der Waals surface area contributed by atoms with Crippen molar-refractivity contribution in [3.05, 3.63) is 299 Å². The number of fused-ring (bicyclic) bond motifs is 11. The summed E-state index contributed by atoms with van der Waals surface area (Å²) >= 11 is 0. The van der Waals surface area contributed by atoms with Crippen molar-refractivity contribution in [2.45, 2.75) is 64.2 Å². The summed E-state index contributed by atoms with van der Waals surface area (Å²) in [5.74, 6) is 2.16. The number of pyridine rings is 2. The first kappa shape index (κ1) is 50.3. The van der Waals surface area contributed by atoms with E-state index in [4.69, 9.17) is 9.97 Å². The Morgan fingerprint density at radius 3 is 1.29 bits per heavy atom. The van der Waals surface area contributed by atoms with E-state index in [2.05, 4.69) is 300 Å². The second-order valence-electron chi connectivity index (χ2n) is 24.6. The third kappa shape index (κ3) is 8.25. The number of hydrogen-bond donors (Lipinski definition) is 0. The molecule has 15 rings (SSSR count). The molecule has 83 heavy (non-hydrogen) atoms. The Balaban J connectivity index is 0.664. The van der Waals surface area contributed by atoms with Crippen LogP contribution in [0.2, 0.25) is 0 Å². The number of nitrogens with zero attached hydrogens (tertiary/aromatic N) is 4. The first-order valence-electron chi connectivity index (χ1n) is 29.3. The van der Waals surface area contributed by atoms with Gasteiger partial charge in [0.2, 0.25) is 0 Å². The van der Waals surface area contributed by atoms with Crippen molar-refractivity contribution in [2.24, 2.45) is 5.92 Å². The largest absolute Gasteiger partial charge is 0.295 e. The molecule has 4 aliphatic rings. The van der Waals surface area contributed by atoms with Gasteiger partial charge >= 0.3 is 0 Å². The van der Waals surface area contributed by atoms with Crippen LogP contribution in [0, 0.1) is 5.92 Å². The van der Waals surface area contributed by atoms with Gasteiger partial charge in [0, 0.05) is 62.2 Å². The fourth-order valence-corrected chi connectivity index (χ4v) is 14.1. The summed E-state index contributed by atoms with van der Waals surface area (Å²) in [4.78, 5) is 14.6. The van der Waals surface area contributed by atoms with E-state index in [1.165, 1.54) is 94.2 Å². The van der Waals surface area contributed by atoms with E-state index in [-0.39, 0.29) is 16.2 Å². The predicted molar refractivity (Wildman–Crippen MR) is 350 cm³/mol. The molecule has 1 unspecified atom stereocenters. The number of rotatable bonds is 10. The van der Waals surface area contributed by atoms with Crippen molar-refractivity contribution >= 4 is 79.7 Å². The van der Waals surface area contributed by atoms with Gasteiger partial charge in [-0.2, -0.15) is 0 Å². The molecule has 9 aromatic carbocycles. The quantitative estimate of drug-likeness (QED) is 0.128. The van der Waals surface area contributed by atoms with Gasteiger partial charge in [0.05, 0.1) is 0 Å². The second kappa shape index (κ2) is 19.2. The van der Waals surface area contributed by atoms with Crippen LogP contribution in [0.1, 0.15) is 98.0 Å². The molecule has 2 aromatic heterocycles. The lowest BCUT2D eigenvalue weighted by molar-refractivity contribution is 0.645. The molecule has 0 radical (unpaired) electrons. The van der Waals surface area contributed by atoms with Crippen molar-refractivity contribution in [1.82, 2.24) is 9.97 Å². The Morgan fingerprint density at radius 1 is 0.386 bits per heavy atom. The van der Waals surface area contributed by atoms with Crippen molar-refractivity contribution in [1.29, 1.82) is 0 Å². The number of aromatic nitrogens is 2. The van der Waals surface area contributed by atoms with E-state index < -0.39 is 0 Å². The number of benzene rings is 9. The predicted octanol–water partition coefficient (Wildman–Crippen LogP) is 20.8. The maximum absolute atomic E-state index is 5.00. The van der Waals surface area contributed by atoms with E-state index >= 15 is 0 Å². The Hall–Kier alpha value is -9.64. The summed E-state index contributed by atoms with van der Waals surface area (Å²) in [5, 5.41) is 4.60. The average molecular weight is 1070 g/mol. The monoisotopic (exact) mass is 1070 g/mol. The third-order valence-corrected chi connectivity index (χ3v) is 18.6. The van der Waals surface area contributed by atoms with Crippen LogP contribution < -0.4 is 9.80 Å². The highest BCUT2D eigenvalue weighted by Gasteiger charge is 2.41. The number of para-hydroxylation sites is 2. The minimum Gasteiger partial charge on any atom is -0.295 e. The van der Waals surface area contributed by atoms with Crippen molar-refractivity contribution in [3.8, 4) is 22.3 Å². The van der Waals surface area contributed by atoms with E-state index in [1.807, 2.05) is 12.4 Å². The highest BCUT2D eigenvalue weighted by atomic mass is 15.2. The van der Waals surface area contributed by atoms with Crippen molar-refractivity contribution in [3.63, 3.8) is 0 Å². The van der Waals surface area contributed by atoms with Crippen LogP contribution >= 0.6 is 0 Å². The Morgan fingerprint density at radius 2 is 0.795 bits per heavy atom. The Labute approximate surface area is 487 Å². The highest BCUT2D eigenvalue weighted by Crippen LogP contribution is 2.55. The van der Waals surface area contributed by atoms with Gasteiger partial charge in [-0.05, 0) is 167 Å². The summed E-state index contributed by atoms with van der Waals surface area (Å²) in [6.45, 7) is 14.3. The molecule has 0 bridgehead atoms. The molecule has 11 aromatic rings. The van der Waals surface area contributed by atoms with Crippen LogP contribution in [0.15, 0.2) is 249 Å². The minimum absolute atomic E-state index is 0.150. The first-order valence-corrected chi connectivity index (χ1v) is 29.3. The van der Waals surface area contributed by atoms with Gasteiger partial charge in [-0.3, -0.25) is 9.80 Å². The molecule has 2 heterocycles. The van der Waals surface area contributed by atoms with Crippen LogP contribution in [-0.4, -0.2) is 9.97 Å². The van der Waals surface area contributed by atoms with Gasteiger partial charge in [0.1, 0.15) is 11.6 Å². The van der Waals surface area contributed by atoms with E-state index in [0.29, 0.717) is 5.92 Å². The average Bonchev–Trinajstić information content (AvgIpc) is 4.02. The normalized spacial score (nSPS) is 16.5. The first-order chi connectivity index (χ1) is 40.4. The molecule has 0 amide bonds. The molecular weight excluding hydrogens is 1000 g/mol. The van der Waals surface area contributed by atoms with Crippen LogP contribution in [0.5, 0.6) is 0 Å². The SMILES string of the molecule is CC1(C)C2=CC(/C=C/c3ccc4c(c3)C(C)(C)c3cc(/C=C/c5ccc6c(c5)C(C)(C)c5cc(N(c7ccccc7)c7nccc8ccccc78)ccc5-6)ccc3-4)CC=C2c2ccc(N(c3ccccc3)c3nccc4ccccc34)cc21. The summed E-state index contributed by atoms with van der Waals surface area (Å²) in [7, 11) is 0. The van der Waals surface area contributed by atoms with Crippen LogP contribution in [0.4, 0.5) is 34.4 Å². The second-order valence-corrected chi connectivity index (χ2v) is 24.6. The fourth-order valence-electron chi connectivity index (χ4n) is 14.1. The molecule has 0 aliphatic heterocycles. The zero-order valence-electron chi connectivity index (χ0n) is 47.9. The smallest absolute Gasteiger partial charge is 0.145 e. The molecule has 4 aliphatic carbocycles. The van der Waals surface area contributed by atoms with Gasteiger partial charge < -0.3 is 0 Å². The zero-order chi connectivity index (χ0) is 56.2. The Bertz CT molecular complexity index is 4560. The number of anilines is 6. The summed E-state index contributed by atoms with van der Waals surface area (Å²) in [5.41, 5.74) is 23.7. The topological polar surface area (TPSA) is 32.3 Å². The molecule has 1 atom stereocenters. The van der Waals surface area contributed by atoms with Gasteiger partial charge in [0.25, 0.3) is 0 Å². The van der Waals surface area contributed by atoms with Gasteiger partial charge in [-0.25, -0.2) is 9.97 Å². The maximum atomic E-state index is 5.00. The Kier molecular flexibility index (Phi) is 11.7. The lowest BCUT2D eigenvalue weighted by Gasteiger charge is -2.28. The summed E-state index contributed by atoms with van der Waals surface area (Å²) < 4.78 is 0. The van der Waals surface area contributed by atoms with Crippen LogP contribution in [0.3, 0.4) is 0 Å². The minimum atomic E-state index is -0.208. The lowest BCUT2D eigenvalue weighted by atomic mass is 9.78. The molecule has 4 heteroatoms. The molecule has 0 spiro atoms. The van der Waals surface area contributed by atoms with Crippen molar-refractivity contribution in [2.75, 3.05) is 9.80 Å². The van der Waals surface area contributed by atoms with Gasteiger partial charge in [-0.15, -0.1) is 0 Å². The fraction of sp³-hybridized carbons (Fsp3) is 0.139. The third-order valence-electron chi connectivity index (χ3n) is 18.6. The lowest BCUT2D eigenvalue weighted by Crippen LogP contribution is -2.18. The molecule has 400 valence electrons. The van der Waals surface area contributed by atoms with Crippen LogP contribution in [0.25, 0.3) is 67.6 Å². The highest BCUT2D eigenvalue weighted by molar-refractivity contribution is 6.00. The molecule has 0 fully saturated rings. The number of allylic oxidation sites excluding steroid dienone is 5. The zero-order valence-corrected chi connectivity index (χ0v) is 47.9. The summed E-state index contributed by atoms with van der Waals surface area (Å²) in [6, 6.07) is 77.7. The number of hydrogen-bond acceptors (Lipinski definition) is 4. The van der Waals surface area contributed by atoms with E-state index in [0.717, 1.165) is 51.6 Å². The van der Waals surface area contributed by atoms with Crippen LogP contribution in [-0.2, 0) is 16.2 Å². The van der Waals surface area contributed by atoms with E-state index in [9.17, 15) is 0 Å². The maximum Gasteiger partial charge on any atom is 0.145 e. The van der Waals surface area contributed by atoms with Gasteiger partial charge in [-0.1, -0.05) is 230 Å². The molecule has 0 saturated heterocycles. The molecule has 4 nitrogen and oxygen atoms in total.